The molecule has 0 aromatic heterocycles. The summed E-state index contributed by atoms with van der Waals surface area (Å²) in [6, 6.07) is 15.4. The Kier molecular flexibility index (Phi) is 5.30. The van der Waals surface area contributed by atoms with Crippen molar-refractivity contribution in [3.05, 3.63) is 54.1 Å². The van der Waals surface area contributed by atoms with Crippen molar-refractivity contribution in [3.8, 4) is 0 Å². The number of para-hydroxylation sites is 3. The molecule has 6 nitrogen and oxygen atoms in total. The number of likely N-dealkylation sites (tertiary alicyclic amines) is 1. The zero-order chi connectivity index (χ0) is 19.5. The average Bonchev–Trinajstić information content (AvgIpc) is 2.83. The van der Waals surface area contributed by atoms with Crippen LogP contribution in [0.4, 0.5) is 17.1 Å². The number of rotatable bonds is 5. The number of carboxylic acid groups (broad SMARTS) is 1. The van der Waals surface area contributed by atoms with Crippen molar-refractivity contribution in [2.45, 2.75) is 19.3 Å². The number of anilines is 3. The lowest BCUT2D eigenvalue weighted by Gasteiger charge is -2.31. The van der Waals surface area contributed by atoms with Crippen LogP contribution in [0.3, 0.4) is 0 Å². The van der Waals surface area contributed by atoms with E-state index in [1.165, 1.54) is 0 Å². The molecule has 4 rings (SSSR count). The van der Waals surface area contributed by atoms with E-state index in [0.29, 0.717) is 18.7 Å². The van der Waals surface area contributed by atoms with E-state index in [4.69, 9.17) is 0 Å². The molecular weight excluding hydrogens is 354 g/mol. The van der Waals surface area contributed by atoms with Gasteiger partial charge in [0.2, 0.25) is 0 Å². The van der Waals surface area contributed by atoms with Crippen molar-refractivity contribution in [1.29, 1.82) is 0 Å². The molecule has 28 heavy (non-hydrogen) atoms. The fourth-order valence-electron chi connectivity index (χ4n) is 4.13. The van der Waals surface area contributed by atoms with Crippen LogP contribution in [0, 0.1) is 5.92 Å². The van der Waals surface area contributed by atoms with Crippen molar-refractivity contribution in [1.82, 2.24) is 4.90 Å². The highest BCUT2D eigenvalue weighted by molar-refractivity contribution is 6.13. The maximum atomic E-state index is 13.2. The minimum Gasteiger partial charge on any atom is -0.481 e. The number of carboxylic acids is 1. The predicted octanol–water partition coefficient (Wildman–Crippen LogP) is 3.58. The molecule has 2 N–H and O–H groups in total. The fourth-order valence-corrected chi connectivity index (χ4v) is 4.13. The smallest absolute Gasteiger partial charge is 0.307 e. The molecule has 1 fully saturated rings. The molecule has 0 aliphatic carbocycles. The quantitative estimate of drug-likeness (QED) is 0.831. The molecule has 2 aliphatic rings. The molecule has 2 aliphatic heterocycles. The zero-order valence-electron chi connectivity index (χ0n) is 15.8. The van der Waals surface area contributed by atoms with Gasteiger partial charge in [0.25, 0.3) is 5.91 Å². The van der Waals surface area contributed by atoms with Crippen LogP contribution in [0.1, 0.15) is 29.6 Å². The highest BCUT2D eigenvalue weighted by atomic mass is 16.4. The summed E-state index contributed by atoms with van der Waals surface area (Å²) in [5, 5.41) is 12.7. The second kappa shape index (κ2) is 8.02. The minimum absolute atomic E-state index is 0.00453. The van der Waals surface area contributed by atoms with E-state index in [1.807, 2.05) is 53.4 Å². The third-order valence-electron chi connectivity index (χ3n) is 5.58. The first-order chi connectivity index (χ1) is 13.6. The van der Waals surface area contributed by atoms with Gasteiger partial charge >= 0.3 is 5.97 Å². The number of carbonyl (C=O) groups is 2. The lowest BCUT2D eigenvalue weighted by Crippen LogP contribution is -2.40. The number of hydrogen-bond donors (Lipinski definition) is 2. The monoisotopic (exact) mass is 379 g/mol. The Balaban J connectivity index is 1.49. The number of carbonyl (C=O) groups excluding carboxylic acids is 1. The van der Waals surface area contributed by atoms with Crippen LogP contribution >= 0.6 is 0 Å². The van der Waals surface area contributed by atoms with Gasteiger partial charge < -0.3 is 20.2 Å². The first-order valence-corrected chi connectivity index (χ1v) is 9.85. The van der Waals surface area contributed by atoms with Crippen LogP contribution in [-0.4, -0.2) is 48.1 Å². The van der Waals surface area contributed by atoms with Crippen molar-refractivity contribution < 1.29 is 14.7 Å². The molecule has 0 saturated carbocycles. The van der Waals surface area contributed by atoms with Gasteiger partial charge in [-0.15, -0.1) is 0 Å². The van der Waals surface area contributed by atoms with Gasteiger partial charge in [0.1, 0.15) is 0 Å². The largest absolute Gasteiger partial charge is 0.481 e. The van der Waals surface area contributed by atoms with Gasteiger partial charge in [-0.2, -0.15) is 0 Å². The van der Waals surface area contributed by atoms with Crippen LogP contribution in [0.25, 0.3) is 0 Å². The topological polar surface area (TPSA) is 72.9 Å². The molecule has 1 amide bonds. The zero-order valence-corrected chi connectivity index (χ0v) is 15.8. The number of nitrogens with zero attached hydrogens (tertiary/aromatic N) is 2. The first kappa shape index (κ1) is 18.5. The van der Waals surface area contributed by atoms with E-state index >= 15 is 0 Å². The normalized spacial score (nSPS) is 19.4. The van der Waals surface area contributed by atoms with Crippen LogP contribution in [0.5, 0.6) is 0 Å². The van der Waals surface area contributed by atoms with Gasteiger partial charge in [0.05, 0.1) is 28.5 Å². The first-order valence-electron chi connectivity index (χ1n) is 9.85. The number of piperidine rings is 1. The maximum absolute atomic E-state index is 13.2. The molecule has 2 aromatic rings. The third-order valence-corrected chi connectivity index (χ3v) is 5.58. The average molecular weight is 379 g/mol. The van der Waals surface area contributed by atoms with Gasteiger partial charge in [0, 0.05) is 13.1 Å². The van der Waals surface area contributed by atoms with Crippen LogP contribution in [-0.2, 0) is 4.79 Å². The second-order valence-electron chi connectivity index (χ2n) is 7.48. The number of nitrogens with one attached hydrogen (secondary N) is 1. The summed E-state index contributed by atoms with van der Waals surface area (Å²) < 4.78 is 0. The van der Waals surface area contributed by atoms with E-state index in [2.05, 4.69) is 10.2 Å². The number of aliphatic carboxylic acids is 1. The van der Waals surface area contributed by atoms with Crippen LogP contribution < -0.4 is 10.2 Å². The summed E-state index contributed by atoms with van der Waals surface area (Å²) in [7, 11) is 0. The Labute approximate surface area is 164 Å². The molecule has 0 spiro atoms. The molecule has 1 atom stereocenters. The van der Waals surface area contributed by atoms with Gasteiger partial charge in [0.15, 0.2) is 0 Å². The molecule has 146 valence electrons. The Hall–Kier alpha value is -2.86. The van der Waals surface area contributed by atoms with Crippen molar-refractivity contribution in [3.63, 3.8) is 0 Å². The predicted molar refractivity (Wildman–Crippen MR) is 109 cm³/mol. The highest BCUT2D eigenvalue weighted by Crippen LogP contribution is 2.35. The van der Waals surface area contributed by atoms with Gasteiger partial charge in [-0.05, 0) is 56.6 Å². The summed E-state index contributed by atoms with van der Waals surface area (Å²) >= 11 is 0. The van der Waals surface area contributed by atoms with Gasteiger partial charge in [-0.3, -0.25) is 9.59 Å². The summed E-state index contributed by atoms with van der Waals surface area (Å²) in [5.41, 5.74) is 3.29. The lowest BCUT2D eigenvalue weighted by atomic mass is 9.98. The van der Waals surface area contributed by atoms with Crippen LogP contribution in [0.2, 0.25) is 0 Å². The maximum Gasteiger partial charge on any atom is 0.307 e. The lowest BCUT2D eigenvalue weighted by molar-refractivity contribution is -0.143. The van der Waals surface area contributed by atoms with E-state index in [1.54, 1.807) is 0 Å². The third kappa shape index (κ3) is 3.73. The molecule has 2 heterocycles. The Bertz CT molecular complexity index is 883. The van der Waals surface area contributed by atoms with Crippen LogP contribution in [0.15, 0.2) is 48.5 Å². The summed E-state index contributed by atoms with van der Waals surface area (Å²) in [5.74, 6) is -0.982. The Morgan fingerprint density at radius 2 is 1.82 bits per heavy atom. The number of amides is 1. The molecule has 0 radical (unpaired) electrons. The molecule has 6 heteroatoms. The summed E-state index contributed by atoms with van der Waals surface area (Å²) in [6.45, 7) is 2.92. The SMILES string of the molecule is O=C(O)[C@@H]1CCCN(CCCN2C(=O)c3ccccc3Nc3ccccc32)C1. The standard InChI is InChI=1S/C22H25N3O3/c26-21-17-8-1-2-9-18(17)23-19-10-3-4-11-20(19)25(21)14-6-13-24-12-5-7-16(15-24)22(27)28/h1-4,8-11,16,23H,5-7,12-15H2,(H,27,28)/t16-/m1/s1. The Morgan fingerprint density at radius 1 is 1.07 bits per heavy atom. The molecular formula is C22H25N3O3. The summed E-state index contributed by atoms with van der Waals surface area (Å²) in [6.07, 6.45) is 2.47. The molecule has 2 aromatic carbocycles. The molecule has 0 bridgehead atoms. The van der Waals surface area contributed by atoms with E-state index in [0.717, 1.165) is 49.4 Å². The van der Waals surface area contributed by atoms with Crippen molar-refractivity contribution >= 4 is 28.9 Å². The van der Waals surface area contributed by atoms with Crippen molar-refractivity contribution in [2.24, 2.45) is 5.92 Å². The molecule has 0 unspecified atom stereocenters. The van der Waals surface area contributed by atoms with E-state index in [-0.39, 0.29) is 11.8 Å². The Morgan fingerprint density at radius 3 is 2.64 bits per heavy atom. The number of fused-ring (bicyclic) bond motifs is 2. The fraction of sp³-hybridized carbons (Fsp3) is 0.364. The van der Waals surface area contributed by atoms with E-state index < -0.39 is 5.97 Å². The van der Waals surface area contributed by atoms with E-state index in [9.17, 15) is 14.7 Å². The summed E-state index contributed by atoms with van der Waals surface area (Å²) in [4.78, 5) is 28.5. The second-order valence-corrected chi connectivity index (χ2v) is 7.48. The van der Waals surface area contributed by atoms with Crippen molar-refractivity contribution in [2.75, 3.05) is 36.4 Å². The number of benzene rings is 2. The molecule has 1 saturated heterocycles. The van der Waals surface area contributed by atoms with Gasteiger partial charge in [-0.1, -0.05) is 24.3 Å². The number of hydrogen-bond acceptors (Lipinski definition) is 4. The highest BCUT2D eigenvalue weighted by Gasteiger charge is 2.27. The van der Waals surface area contributed by atoms with Gasteiger partial charge in [-0.25, -0.2) is 0 Å². The minimum atomic E-state index is -0.705.